The Bertz CT molecular complexity index is 240. The lowest BCUT2D eigenvalue weighted by molar-refractivity contribution is 0.0305. The monoisotopic (exact) mass is 229 g/mol. The van der Waals surface area contributed by atoms with E-state index in [1.165, 1.54) is 19.3 Å². The second kappa shape index (κ2) is 5.50. The van der Waals surface area contributed by atoms with Crippen molar-refractivity contribution in [3.8, 4) is 0 Å². The summed E-state index contributed by atoms with van der Waals surface area (Å²) in [5.74, 6) is 0. The molecule has 2 atom stereocenters. The highest BCUT2D eigenvalue weighted by Crippen LogP contribution is 2.18. The molecule has 2 fully saturated rings. The highest BCUT2D eigenvalue weighted by Gasteiger charge is 2.30. The normalized spacial score (nSPS) is 31.3. The van der Waals surface area contributed by atoms with Crippen LogP contribution in [-0.4, -0.2) is 42.7 Å². The first-order chi connectivity index (χ1) is 7.75. The van der Waals surface area contributed by atoms with Gasteiger partial charge in [0.25, 0.3) is 0 Å². The van der Waals surface area contributed by atoms with E-state index in [0.29, 0.717) is 6.61 Å². The SMILES string of the molecule is O=C(NC1CCCCC1)O[C@H]1COC[C@H]1O. The molecule has 0 bridgehead atoms. The molecule has 1 heterocycles. The maximum absolute atomic E-state index is 11.5. The number of aliphatic hydroxyl groups is 1. The summed E-state index contributed by atoms with van der Waals surface area (Å²) in [6, 6.07) is 0.237. The van der Waals surface area contributed by atoms with Crippen LogP contribution in [0.15, 0.2) is 0 Å². The zero-order chi connectivity index (χ0) is 11.4. The van der Waals surface area contributed by atoms with Crippen LogP contribution >= 0.6 is 0 Å². The Labute approximate surface area is 95.1 Å². The highest BCUT2D eigenvalue weighted by atomic mass is 16.6. The zero-order valence-corrected chi connectivity index (χ0v) is 9.35. The average molecular weight is 229 g/mol. The number of alkyl carbamates (subject to hydrolysis) is 1. The van der Waals surface area contributed by atoms with Gasteiger partial charge < -0.3 is 19.9 Å². The molecule has 1 aliphatic carbocycles. The van der Waals surface area contributed by atoms with Crippen molar-refractivity contribution < 1.29 is 19.4 Å². The van der Waals surface area contributed by atoms with E-state index in [1.54, 1.807) is 0 Å². The summed E-state index contributed by atoms with van der Waals surface area (Å²) in [5.41, 5.74) is 0. The summed E-state index contributed by atoms with van der Waals surface area (Å²) >= 11 is 0. The summed E-state index contributed by atoms with van der Waals surface area (Å²) in [4.78, 5) is 11.5. The Morgan fingerprint density at radius 1 is 1.25 bits per heavy atom. The molecule has 0 spiro atoms. The topological polar surface area (TPSA) is 67.8 Å². The highest BCUT2D eigenvalue weighted by molar-refractivity contribution is 5.67. The van der Waals surface area contributed by atoms with E-state index >= 15 is 0 Å². The molecule has 2 aliphatic rings. The molecule has 92 valence electrons. The van der Waals surface area contributed by atoms with Crippen LogP contribution in [0.2, 0.25) is 0 Å². The molecule has 1 saturated heterocycles. The molecule has 0 aromatic carbocycles. The lowest BCUT2D eigenvalue weighted by Gasteiger charge is -2.23. The molecule has 1 amide bonds. The smallest absolute Gasteiger partial charge is 0.407 e. The molecule has 1 saturated carbocycles. The van der Waals surface area contributed by atoms with Crippen LogP contribution < -0.4 is 5.32 Å². The number of hydrogen-bond acceptors (Lipinski definition) is 4. The molecular formula is C11H19NO4. The molecule has 0 unspecified atom stereocenters. The standard InChI is InChI=1S/C11H19NO4/c13-9-6-15-7-10(9)16-11(14)12-8-4-2-1-3-5-8/h8-10,13H,1-7H2,(H,12,14)/t9-,10+/m1/s1. The van der Waals surface area contributed by atoms with Crippen LogP contribution in [0, 0.1) is 0 Å². The van der Waals surface area contributed by atoms with E-state index in [2.05, 4.69) is 5.32 Å². The van der Waals surface area contributed by atoms with Crippen LogP contribution in [0.5, 0.6) is 0 Å². The number of aliphatic hydroxyl groups excluding tert-OH is 1. The maximum atomic E-state index is 11.5. The summed E-state index contributed by atoms with van der Waals surface area (Å²) in [7, 11) is 0. The molecule has 16 heavy (non-hydrogen) atoms. The average Bonchev–Trinajstić information content (AvgIpc) is 2.66. The first-order valence-electron chi connectivity index (χ1n) is 5.98. The van der Waals surface area contributed by atoms with Gasteiger partial charge in [-0.05, 0) is 12.8 Å². The number of amides is 1. The molecule has 2 rings (SSSR count). The van der Waals surface area contributed by atoms with Crippen LogP contribution in [0.25, 0.3) is 0 Å². The van der Waals surface area contributed by atoms with Gasteiger partial charge in [0.05, 0.1) is 13.2 Å². The van der Waals surface area contributed by atoms with Crippen molar-refractivity contribution in [1.82, 2.24) is 5.32 Å². The lowest BCUT2D eigenvalue weighted by Crippen LogP contribution is -2.40. The second-order valence-electron chi connectivity index (χ2n) is 4.53. The Morgan fingerprint density at radius 2 is 2.00 bits per heavy atom. The van der Waals surface area contributed by atoms with E-state index in [0.717, 1.165) is 12.8 Å². The third kappa shape index (κ3) is 3.09. The van der Waals surface area contributed by atoms with E-state index in [9.17, 15) is 9.90 Å². The van der Waals surface area contributed by atoms with Crippen molar-refractivity contribution in [2.24, 2.45) is 0 Å². The van der Waals surface area contributed by atoms with Crippen molar-refractivity contribution in [3.63, 3.8) is 0 Å². The molecule has 5 nitrogen and oxygen atoms in total. The predicted octanol–water partition coefficient (Wildman–Crippen LogP) is 0.805. The minimum atomic E-state index is -0.683. The zero-order valence-electron chi connectivity index (χ0n) is 9.35. The first kappa shape index (κ1) is 11.7. The maximum Gasteiger partial charge on any atom is 0.407 e. The summed E-state index contributed by atoms with van der Waals surface area (Å²) in [5, 5.41) is 12.3. The van der Waals surface area contributed by atoms with E-state index in [4.69, 9.17) is 9.47 Å². The van der Waals surface area contributed by atoms with E-state index < -0.39 is 18.3 Å². The Balaban J connectivity index is 1.70. The third-order valence-corrected chi connectivity index (χ3v) is 3.19. The van der Waals surface area contributed by atoms with Crippen molar-refractivity contribution in [2.75, 3.05) is 13.2 Å². The molecule has 5 heteroatoms. The predicted molar refractivity (Wildman–Crippen MR) is 57.1 cm³/mol. The van der Waals surface area contributed by atoms with Gasteiger partial charge in [-0.3, -0.25) is 0 Å². The summed E-state index contributed by atoms with van der Waals surface area (Å²) in [6.07, 6.45) is 4.02. The Kier molecular flexibility index (Phi) is 4.01. The molecular weight excluding hydrogens is 210 g/mol. The van der Waals surface area contributed by atoms with Gasteiger partial charge in [0.1, 0.15) is 6.10 Å². The third-order valence-electron chi connectivity index (χ3n) is 3.19. The number of nitrogens with one attached hydrogen (secondary N) is 1. The fourth-order valence-corrected chi connectivity index (χ4v) is 2.22. The van der Waals surface area contributed by atoms with Gasteiger partial charge in [0, 0.05) is 6.04 Å². The number of rotatable bonds is 2. The van der Waals surface area contributed by atoms with Crippen LogP contribution in [-0.2, 0) is 9.47 Å². The summed E-state index contributed by atoms with van der Waals surface area (Å²) < 4.78 is 10.1. The van der Waals surface area contributed by atoms with Gasteiger partial charge in [-0.15, -0.1) is 0 Å². The van der Waals surface area contributed by atoms with Gasteiger partial charge in [-0.1, -0.05) is 19.3 Å². The van der Waals surface area contributed by atoms with Gasteiger partial charge in [0.15, 0.2) is 6.10 Å². The lowest BCUT2D eigenvalue weighted by atomic mass is 9.96. The first-order valence-corrected chi connectivity index (χ1v) is 5.98. The fourth-order valence-electron chi connectivity index (χ4n) is 2.22. The molecule has 0 radical (unpaired) electrons. The van der Waals surface area contributed by atoms with E-state index in [1.807, 2.05) is 0 Å². The van der Waals surface area contributed by atoms with Crippen LogP contribution in [0.3, 0.4) is 0 Å². The van der Waals surface area contributed by atoms with E-state index in [-0.39, 0.29) is 12.6 Å². The number of carbonyl (C=O) groups is 1. The fraction of sp³-hybridized carbons (Fsp3) is 0.909. The number of ether oxygens (including phenoxy) is 2. The van der Waals surface area contributed by atoms with Crippen LogP contribution in [0.4, 0.5) is 4.79 Å². The largest absolute Gasteiger partial charge is 0.441 e. The molecule has 0 aromatic heterocycles. The van der Waals surface area contributed by atoms with Gasteiger partial charge in [-0.25, -0.2) is 4.79 Å². The van der Waals surface area contributed by atoms with Gasteiger partial charge in [0.2, 0.25) is 0 Å². The molecule has 2 N–H and O–H groups in total. The van der Waals surface area contributed by atoms with Crippen molar-refractivity contribution in [2.45, 2.75) is 50.4 Å². The quantitative estimate of drug-likeness (QED) is 0.735. The van der Waals surface area contributed by atoms with Crippen LogP contribution in [0.1, 0.15) is 32.1 Å². The number of hydrogen-bond donors (Lipinski definition) is 2. The van der Waals surface area contributed by atoms with Crippen molar-refractivity contribution in [3.05, 3.63) is 0 Å². The van der Waals surface area contributed by atoms with Crippen molar-refractivity contribution >= 4 is 6.09 Å². The van der Waals surface area contributed by atoms with Gasteiger partial charge >= 0.3 is 6.09 Å². The molecule has 0 aromatic rings. The summed E-state index contributed by atoms with van der Waals surface area (Å²) in [6.45, 7) is 0.542. The Hall–Kier alpha value is -0.810. The van der Waals surface area contributed by atoms with Crippen molar-refractivity contribution in [1.29, 1.82) is 0 Å². The minimum Gasteiger partial charge on any atom is -0.441 e. The number of carbonyl (C=O) groups excluding carboxylic acids is 1. The molecule has 1 aliphatic heterocycles. The minimum absolute atomic E-state index is 0.237. The second-order valence-corrected chi connectivity index (χ2v) is 4.53. The Morgan fingerprint density at radius 3 is 2.62 bits per heavy atom. The van der Waals surface area contributed by atoms with Gasteiger partial charge in [-0.2, -0.15) is 0 Å².